The molecule has 0 radical (unpaired) electrons. The van der Waals surface area contributed by atoms with Gasteiger partial charge in [0, 0.05) is 20.0 Å². The van der Waals surface area contributed by atoms with Gasteiger partial charge in [0.1, 0.15) is 6.04 Å². The molecule has 24 heavy (non-hydrogen) atoms. The van der Waals surface area contributed by atoms with Crippen LogP contribution >= 0.6 is 0 Å². The number of fused-ring (bicyclic) bond motifs is 1. The lowest BCUT2D eigenvalue weighted by Crippen LogP contribution is -2.46. The second-order valence-corrected chi connectivity index (χ2v) is 6.27. The first-order valence-corrected chi connectivity index (χ1v) is 8.24. The molecule has 0 aromatic heterocycles. The number of hydrogen-bond donors (Lipinski definition) is 1. The van der Waals surface area contributed by atoms with E-state index in [4.69, 9.17) is 0 Å². The predicted molar refractivity (Wildman–Crippen MR) is 93.3 cm³/mol. The number of aryl methyl sites for hydroxylation is 1. The van der Waals surface area contributed by atoms with E-state index in [0.717, 1.165) is 23.1 Å². The normalized spacial score (nSPS) is 16.4. The average Bonchev–Trinajstić information content (AvgIpc) is 2.59. The molecule has 4 nitrogen and oxygen atoms in total. The molecule has 1 unspecified atom stereocenters. The maximum absolute atomic E-state index is 12.8. The predicted octanol–water partition coefficient (Wildman–Crippen LogP) is 2.76. The summed E-state index contributed by atoms with van der Waals surface area (Å²) in [7, 11) is 0. The van der Waals surface area contributed by atoms with Gasteiger partial charge in [-0.1, -0.05) is 54.1 Å². The van der Waals surface area contributed by atoms with Crippen LogP contribution < -0.4 is 5.32 Å². The van der Waals surface area contributed by atoms with Gasteiger partial charge in [-0.05, 0) is 30.0 Å². The van der Waals surface area contributed by atoms with E-state index in [1.165, 1.54) is 12.5 Å². The molecule has 1 N–H and O–H groups in total. The summed E-state index contributed by atoms with van der Waals surface area (Å²) in [5.74, 6) is -0.196. The first-order valence-electron chi connectivity index (χ1n) is 8.24. The fourth-order valence-corrected chi connectivity index (χ4v) is 3.18. The fraction of sp³-hybridized carbons (Fsp3) is 0.300. The van der Waals surface area contributed by atoms with Gasteiger partial charge in [-0.25, -0.2) is 0 Å². The van der Waals surface area contributed by atoms with Crippen molar-refractivity contribution in [1.29, 1.82) is 0 Å². The average molecular weight is 322 g/mol. The van der Waals surface area contributed by atoms with Crippen LogP contribution in [0, 0.1) is 6.92 Å². The minimum Gasteiger partial charge on any atom is -0.350 e. The Labute approximate surface area is 142 Å². The maximum atomic E-state index is 12.8. The first kappa shape index (κ1) is 16.2. The summed E-state index contributed by atoms with van der Waals surface area (Å²) in [5, 5.41) is 2.98. The fourth-order valence-electron chi connectivity index (χ4n) is 3.18. The Morgan fingerprint density at radius 1 is 1.12 bits per heavy atom. The van der Waals surface area contributed by atoms with Crippen molar-refractivity contribution in [3.63, 3.8) is 0 Å². The van der Waals surface area contributed by atoms with E-state index >= 15 is 0 Å². The lowest BCUT2D eigenvalue weighted by atomic mass is 9.92. The summed E-state index contributed by atoms with van der Waals surface area (Å²) in [6.07, 6.45) is 0.789. The number of carbonyl (C=O) groups excluding carboxylic acids is 2. The summed E-state index contributed by atoms with van der Waals surface area (Å²) >= 11 is 0. The van der Waals surface area contributed by atoms with Gasteiger partial charge in [0.05, 0.1) is 0 Å². The van der Waals surface area contributed by atoms with Crippen molar-refractivity contribution in [2.24, 2.45) is 0 Å². The minimum absolute atomic E-state index is 0.0695. The number of benzene rings is 2. The highest BCUT2D eigenvalue weighted by molar-refractivity contribution is 5.88. The number of carbonyl (C=O) groups is 2. The summed E-state index contributed by atoms with van der Waals surface area (Å²) in [5.41, 5.74) is 4.31. The molecule has 1 atom stereocenters. The Bertz CT molecular complexity index is 752. The molecule has 2 aromatic carbocycles. The van der Waals surface area contributed by atoms with Gasteiger partial charge in [0.25, 0.3) is 0 Å². The molecule has 1 aliphatic rings. The van der Waals surface area contributed by atoms with E-state index in [1.54, 1.807) is 4.90 Å². The Balaban J connectivity index is 1.80. The van der Waals surface area contributed by atoms with Crippen molar-refractivity contribution in [3.05, 3.63) is 70.8 Å². The van der Waals surface area contributed by atoms with Gasteiger partial charge >= 0.3 is 0 Å². The molecule has 2 amide bonds. The van der Waals surface area contributed by atoms with Crippen molar-refractivity contribution >= 4 is 11.8 Å². The molecule has 0 fully saturated rings. The van der Waals surface area contributed by atoms with E-state index in [2.05, 4.69) is 5.32 Å². The number of hydrogen-bond acceptors (Lipinski definition) is 2. The van der Waals surface area contributed by atoms with E-state index < -0.39 is 6.04 Å². The van der Waals surface area contributed by atoms with Crippen molar-refractivity contribution in [3.8, 4) is 0 Å². The van der Waals surface area contributed by atoms with Gasteiger partial charge in [0.15, 0.2) is 0 Å². The van der Waals surface area contributed by atoms with Crippen LogP contribution in [0.2, 0.25) is 0 Å². The zero-order chi connectivity index (χ0) is 17.1. The standard InChI is InChI=1S/C20H22N2O2/c1-14-7-9-16(10-8-14)13-21-20(24)19-18-6-4-3-5-17(18)11-12-22(19)15(2)23/h3-10,19H,11-13H2,1-2H3,(H,21,24). The topological polar surface area (TPSA) is 49.4 Å². The number of amides is 2. The quantitative estimate of drug-likeness (QED) is 0.944. The highest BCUT2D eigenvalue weighted by Crippen LogP contribution is 2.30. The highest BCUT2D eigenvalue weighted by atomic mass is 16.2. The third kappa shape index (κ3) is 3.32. The van der Waals surface area contributed by atoms with Crippen LogP contribution in [0.5, 0.6) is 0 Å². The summed E-state index contributed by atoms with van der Waals surface area (Å²) in [6, 6.07) is 15.4. The van der Waals surface area contributed by atoms with Gasteiger partial charge in [-0.3, -0.25) is 9.59 Å². The van der Waals surface area contributed by atoms with Gasteiger partial charge < -0.3 is 10.2 Å². The molecular weight excluding hydrogens is 300 g/mol. The second-order valence-electron chi connectivity index (χ2n) is 6.27. The lowest BCUT2D eigenvalue weighted by Gasteiger charge is -2.35. The lowest BCUT2D eigenvalue weighted by molar-refractivity contribution is -0.139. The maximum Gasteiger partial charge on any atom is 0.247 e. The molecule has 0 spiro atoms. The SMILES string of the molecule is CC(=O)N1CCc2ccccc2C1C(=O)NCc1ccc(C)cc1. The molecule has 1 aliphatic heterocycles. The number of nitrogens with zero attached hydrogens (tertiary/aromatic N) is 1. The van der Waals surface area contributed by atoms with E-state index in [9.17, 15) is 9.59 Å². The summed E-state index contributed by atoms with van der Waals surface area (Å²) < 4.78 is 0. The van der Waals surface area contributed by atoms with E-state index in [0.29, 0.717) is 13.1 Å². The monoisotopic (exact) mass is 322 g/mol. The third-order valence-corrected chi connectivity index (χ3v) is 4.52. The van der Waals surface area contributed by atoms with Crippen LogP contribution in [0.25, 0.3) is 0 Å². The van der Waals surface area contributed by atoms with Crippen molar-refractivity contribution in [1.82, 2.24) is 10.2 Å². The molecule has 0 saturated carbocycles. The Morgan fingerprint density at radius 2 is 1.83 bits per heavy atom. The van der Waals surface area contributed by atoms with Crippen LogP contribution in [0.3, 0.4) is 0 Å². The van der Waals surface area contributed by atoms with Crippen molar-refractivity contribution in [2.75, 3.05) is 6.54 Å². The molecule has 0 saturated heterocycles. The van der Waals surface area contributed by atoms with Gasteiger partial charge in [0.2, 0.25) is 11.8 Å². The molecule has 2 aromatic rings. The summed E-state index contributed by atoms with van der Waals surface area (Å²) in [6.45, 7) is 4.60. The minimum atomic E-state index is -0.544. The Kier molecular flexibility index (Phi) is 4.65. The molecule has 4 heteroatoms. The van der Waals surface area contributed by atoms with E-state index in [-0.39, 0.29) is 11.8 Å². The van der Waals surface area contributed by atoms with Crippen LogP contribution in [-0.2, 0) is 22.6 Å². The molecule has 1 heterocycles. The van der Waals surface area contributed by atoms with Gasteiger partial charge in [-0.2, -0.15) is 0 Å². The summed E-state index contributed by atoms with van der Waals surface area (Å²) in [4.78, 5) is 26.5. The van der Waals surface area contributed by atoms with Crippen LogP contribution in [0.4, 0.5) is 0 Å². The molecular formula is C20H22N2O2. The highest BCUT2D eigenvalue weighted by Gasteiger charge is 2.34. The Morgan fingerprint density at radius 3 is 2.54 bits per heavy atom. The molecule has 124 valence electrons. The van der Waals surface area contributed by atoms with Crippen molar-refractivity contribution in [2.45, 2.75) is 32.9 Å². The van der Waals surface area contributed by atoms with Crippen LogP contribution in [0.1, 0.15) is 35.2 Å². The molecule has 0 bridgehead atoms. The number of rotatable bonds is 3. The van der Waals surface area contributed by atoms with Gasteiger partial charge in [-0.15, -0.1) is 0 Å². The second kappa shape index (κ2) is 6.87. The zero-order valence-electron chi connectivity index (χ0n) is 14.1. The van der Waals surface area contributed by atoms with Crippen LogP contribution in [0.15, 0.2) is 48.5 Å². The van der Waals surface area contributed by atoms with Crippen molar-refractivity contribution < 1.29 is 9.59 Å². The largest absolute Gasteiger partial charge is 0.350 e. The number of nitrogens with one attached hydrogen (secondary N) is 1. The molecule has 3 rings (SSSR count). The smallest absolute Gasteiger partial charge is 0.247 e. The van der Waals surface area contributed by atoms with E-state index in [1.807, 2.05) is 55.5 Å². The first-order chi connectivity index (χ1) is 11.6. The third-order valence-electron chi connectivity index (χ3n) is 4.52. The van der Waals surface area contributed by atoms with Crippen LogP contribution in [-0.4, -0.2) is 23.3 Å². The Hall–Kier alpha value is -2.62. The molecule has 0 aliphatic carbocycles. The zero-order valence-corrected chi connectivity index (χ0v) is 14.1.